The highest BCUT2D eigenvalue weighted by Gasteiger charge is 2.65. The smallest absolute Gasteiger partial charge is 0.178 e. The van der Waals surface area contributed by atoms with E-state index in [1.54, 1.807) is 0 Å². The highest BCUT2D eigenvalue weighted by molar-refractivity contribution is 6.01. The summed E-state index contributed by atoms with van der Waals surface area (Å²) in [7, 11) is 0. The number of Topliss-reactive ketones (excluding diaryl/α,β-unsaturated/α-hetero) is 1. The zero-order valence-electron chi connectivity index (χ0n) is 15.5. The zero-order valence-corrected chi connectivity index (χ0v) is 15.5. The molecule has 4 heteroatoms. The molecule has 1 N–H and O–H groups in total. The van der Waals surface area contributed by atoms with Crippen LogP contribution in [-0.4, -0.2) is 28.4 Å². The molecule has 0 heterocycles. The SMILES string of the molecule is C=C1C[C@H]2[C@@H]3C[C@H](F)C4=CC(=O)C=C[C@]4(C)C3=CC[C@]2(C)[C@@]1(O)C(C)=O. The van der Waals surface area contributed by atoms with E-state index in [9.17, 15) is 14.7 Å². The second-order valence-corrected chi connectivity index (χ2v) is 8.81. The molecule has 2 fully saturated rings. The fourth-order valence-corrected chi connectivity index (χ4v) is 6.15. The third-order valence-electron chi connectivity index (χ3n) is 7.64. The normalized spacial score (nSPS) is 46.9. The predicted molar refractivity (Wildman–Crippen MR) is 97.0 cm³/mol. The summed E-state index contributed by atoms with van der Waals surface area (Å²) in [6.07, 6.45) is 7.02. The fourth-order valence-electron chi connectivity index (χ4n) is 6.15. The lowest BCUT2D eigenvalue weighted by molar-refractivity contribution is -0.145. The zero-order chi connectivity index (χ0) is 19.1. The van der Waals surface area contributed by atoms with Crippen molar-refractivity contribution >= 4 is 11.6 Å². The van der Waals surface area contributed by atoms with E-state index in [1.165, 1.54) is 19.1 Å². The van der Waals surface area contributed by atoms with Crippen LogP contribution in [0.2, 0.25) is 0 Å². The topological polar surface area (TPSA) is 54.4 Å². The van der Waals surface area contributed by atoms with Gasteiger partial charge >= 0.3 is 0 Å². The minimum Gasteiger partial charge on any atom is -0.377 e. The second-order valence-electron chi connectivity index (χ2n) is 8.81. The molecule has 138 valence electrons. The van der Waals surface area contributed by atoms with Gasteiger partial charge in [0.1, 0.15) is 11.8 Å². The molecular formula is C22H25FO3. The first kappa shape index (κ1) is 17.6. The molecule has 0 amide bonds. The number of ketones is 2. The maximum atomic E-state index is 15.1. The summed E-state index contributed by atoms with van der Waals surface area (Å²) >= 11 is 0. The van der Waals surface area contributed by atoms with E-state index in [0.29, 0.717) is 24.0 Å². The Kier molecular flexibility index (Phi) is 3.47. The van der Waals surface area contributed by atoms with Gasteiger partial charge in [-0.1, -0.05) is 31.2 Å². The first-order valence-electron chi connectivity index (χ1n) is 9.27. The van der Waals surface area contributed by atoms with Crippen LogP contribution >= 0.6 is 0 Å². The first-order valence-corrected chi connectivity index (χ1v) is 9.27. The van der Waals surface area contributed by atoms with Crippen molar-refractivity contribution in [2.45, 2.75) is 51.8 Å². The van der Waals surface area contributed by atoms with Crippen LogP contribution in [0.15, 0.2) is 47.6 Å². The Morgan fingerprint density at radius 1 is 1.35 bits per heavy atom. The first-order chi connectivity index (χ1) is 12.1. The summed E-state index contributed by atoms with van der Waals surface area (Å²) in [5.41, 5.74) is -0.630. The molecule has 0 radical (unpaired) electrons. The predicted octanol–water partition coefficient (Wildman–Crippen LogP) is 3.65. The number of carbonyl (C=O) groups is 2. The van der Waals surface area contributed by atoms with Gasteiger partial charge in [0.15, 0.2) is 11.6 Å². The van der Waals surface area contributed by atoms with Gasteiger partial charge in [0, 0.05) is 10.8 Å². The van der Waals surface area contributed by atoms with Crippen molar-refractivity contribution in [1.29, 1.82) is 0 Å². The molecule has 3 nitrogen and oxygen atoms in total. The van der Waals surface area contributed by atoms with E-state index in [-0.39, 0.29) is 29.8 Å². The minimum atomic E-state index is -1.55. The van der Waals surface area contributed by atoms with E-state index < -0.39 is 22.6 Å². The van der Waals surface area contributed by atoms with Crippen LogP contribution in [0.3, 0.4) is 0 Å². The van der Waals surface area contributed by atoms with Gasteiger partial charge in [0.2, 0.25) is 0 Å². The van der Waals surface area contributed by atoms with Crippen molar-refractivity contribution in [1.82, 2.24) is 0 Å². The van der Waals surface area contributed by atoms with Gasteiger partial charge in [-0.25, -0.2) is 4.39 Å². The van der Waals surface area contributed by atoms with Gasteiger partial charge in [-0.2, -0.15) is 0 Å². The average Bonchev–Trinajstić information content (AvgIpc) is 2.78. The van der Waals surface area contributed by atoms with Crippen LogP contribution in [0.1, 0.15) is 40.0 Å². The highest BCUT2D eigenvalue weighted by Crippen LogP contribution is 2.66. The Morgan fingerprint density at radius 3 is 2.69 bits per heavy atom. The summed E-state index contributed by atoms with van der Waals surface area (Å²) in [6.45, 7) is 9.32. The number of aliphatic hydroxyl groups is 1. The molecule has 6 atom stereocenters. The molecule has 2 saturated carbocycles. The fraction of sp³-hybridized carbons (Fsp3) is 0.545. The van der Waals surface area contributed by atoms with Gasteiger partial charge in [-0.15, -0.1) is 0 Å². The number of alkyl halides is 1. The van der Waals surface area contributed by atoms with Crippen molar-refractivity contribution in [2.24, 2.45) is 22.7 Å². The molecule has 0 aromatic heterocycles. The molecule has 0 spiro atoms. The number of hydrogen-bond donors (Lipinski definition) is 1. The lowest BCUT2D eigenvalue weighted by Gasteiger charge is -2.53. The Labute approximate surface area is 153 Å². The van der Waals surface area contributed by atoms with Gasteiger partial charge in [0.05, 0.1) is 0 Å². The van der Waals surface area contributed by atoms with Gasteiger partial charge in [-0.05, 0) is 68.2 Å². The summed E-state index contributed by atoms with van der Waals surface area (Å²) in [5.74, 6) is -0.563. The van der Waals surface area contributed by atoms with Gasteiger partial charge < -0.3 is 5.11 Å². The Balaban J connectivity index is 1.85. The van der Waals surface area contributed by atoms with E-state index in [0.717, 1.165) is 5.57 Å². The van der Waals surface area contributed by atoms with Crippen LogP contribution in [0.4, 0.5) is 4.39 Å². The highest BCUT2D eigenvalue weighted by atomic mass is 19.1. The molecule has 4 aliphatic carbocycles. The summed E-state index contributed by atoms with van der Waals surface area (Å²) in [4.78, 5) is 24.1. The van der Waals surface area contributed by atoms with Gasteiger partial charge in [-0.3, -0.25) is 9.59 Å². The molecule has 0 aliphatic heterocycles. The largest absolute Gasteiger partial charge is 0.377 e. The number of hydrogen-bond acceptors (Lipinski definition) is 3. The molecule has 0 aromatic carbocycles. The molecule has 26 heavy (non-hydrogen) atoms. The molecule has 0 unspecified atom stereocenters. The number of halogens is 1. The molecule has 0 bridgehead atoms. The van der Waals surface area contributed by atoms with Crippen molar-refractivity contribution < 1.29 is 19.1 Å². The van der Waals surface area contributed by atoms with Crippen molar-refractivity contribution in [3.05, 3.63) is 47.6 Å². The lowest BCUT2D eigenvalue weighted by Crippen LogP contribution is -2.55. The number of fused-ring (bicyclic) bond motifs is 5. The van der Waals surface area contributed by atoms with E-state index >= 15 is 4.39 Å². The van der Waals surface area contributed by atoms with Crippen molar-refractivity contribution in [3.63, 3.8) is 0 Å². The lowest BCUT2D eigenvalue weighted by atomic mass is 9.51. The molecular weight excluding hydrogens is 331 g/mol. The van der Waals surface area contributed by atoms with Crippen LogP contribution in [0.25, 0.3) is 0 Å². The minimum absolute atomic E-state index is 0.0356. The van der Waals surface area contributed by atoms with Crippen molar-refractivity contribution in [3.8, 4) is 0 Å². The monoisotopic (exact) mass is 356 g/mol. The number of carbonyl (C=O) groups excluding carboxylic acids is 2. The van der Waals surface area contributed by atoms with Gasteiger partial charge in [0.25, 0.3) is 0 Å². The maximum absolute atomic E-state index is 15.1. The van der Waals surface area contributed by atoms with E-state index in [4.69, 9.17) is 0 Å². The van der Waals surface area contributed by atoms with E-state index in [2.05, 4.69) is 12.7 Å². The molecule has 0 aromatic rings. The maximum Gasteiger partial charge on any atom is 0.178 e. The van der Waals surface area contributed by atoms with Crippen LogP contribution in [-0.2, 0) is 9.59 Å². The average molecular weight is 356 g/mol. The second kappa shape index (κ2) is 5.13. The van der Waals surface area contributed by atoms with Crippen molar-refractivity contribution in [2.75, 3.05) is 0 Å². The van der Waals surface area contributed by atoms with E-state index in [1.807, 2.05) is 19.9 Å². The number of rotatable bonds is 1. The summed E-state index contributed by atoms with van der Waals surface area (Å²) < 4.78 is 15.1. The molecule has 4 aliphatic rings. The third kappa shape index (κ3) is 1.86. The molecule has 4 rings (SSSR count). The standard InChI is InChI=1S/C22H25FO3/c1-12-9-17-15-11-19(23)18-10-14(25)5-7-20(18,3)16(15)6-8-21(17,4)22(12,26)13(2)24/h5-7,10,15,17,19,26H,1,8-9,11H2,2-4H3/t15-,17+,19+,20-,21+,22+/m1/s1. The Morgan fingerprint density at radius 2 is 2.04 bits per heavy atom. The third-order valence-corrected chi connectivity index (χ3v) is 7.64. The van der Waals surface area contributed by atoms with Crippen LogP contribution < -0.4 is 0 Å². The van der Waals surface area contributed by atoms with Crippen LogP contribution in [0.5, 0.6) is 0 Å². The summed E-state index contributed by atoms with van der Waals surface area (Å²) in [5, 5.41) is 11.2. The quantitative estimate of drug-likeness (QED) is 0.730. The molecule has 0 saturated heterocycles. The number of allylic oxidation sites excluding steroid dienone is 6. The Bertz CT molecular complexity index is 834. The van der Waals surface area contributed by atoms with Crippen LogP contribution in [0, 0.1) is 22.7 Å². The summed E-state index contributed by atoms with van der Waals surface area (Å²) in [6, 6.07) is 0. The Hall–Kier alpha value is -1.81.